The van der Waals surface area contributed by atoms with E-state index in [0.717, 1.165) is 41.1 Å². The fourth-order valence-electron chi connectivity index (χ4n) is 2.80. The zero-order valence-electron chi connectivity index (χ0n) is 12.6. The molecule has 0 unspecified atom stereocenters. The first kappa shape index (κ1) is 15.2. The molecule has 0 radical (unpaired) electrons. The van der Waals surface area contributed by atoms with Crippen molar-refractivity contribution in [1.29, 1.82) is 0 Å². The normalized spacial score (nSPS) is 14.3. The van der Waals surface area contributed by atoms with E-state index in [2.05, 4.69) is 36.0 Å². The monoisotopic (exact) mass is 362 g/mol. The first-order valence-corrected chi connectivity index (χ1v) is 8.39. The molecule has 1 aromatic carbocycles. The van der Waals surface area contributed by atoms with Gasteiger partial charge in [0.05, 0.1) is 6.54 Å². The number of carbonyl (C=O) groups excluding carboxylic acids is 1. The van der Waals surface area contributed by atoms with Crippen LogP contribution in [0.1, 0.15) is 46.8 Å². The number of aryl methyl sites for hydroxylation is 2. The second-order valence-corrected chi connectivity index (χ2v) is 6.61. The van der Waals surface area contributed by atoms with Crippen LogP contribution in [0.4, 0.5) is 0 Å². The molecule has 1 amide bonds. The number of nitrogens with zero attached hydrogens (tertiary/aromatic N) is 3. The third-order valence-corrected chi connectivity index (χ3v) is 4.36. The molecule has 5 nitrogen and oxygen atoms in total. The molecular weight excluding hydrogens is 344 g/mol. The van der Waals surface area contributed by atoms with Crippen LogP contribution in [0.2, 0.25) is 0 Å². The van der Waals surface area contributed by atoms with Crippen LogP contribution in [0.5, 0.6) is 0 Å². The molecule has 3 rings (SSSR count). The molecule has 0 saturated carbocycles. The molecule has 2 aromatic rings. The Morgan fingerprint density at radius 2 is 2.14 bits per heavy atom. The van der Waals surface area contributed by atoms with Gasteiger partial charge in [-0.05, 0) is 43.5 Å². The van der Waals surface area contributed by atoms with Gasteiger partial charge in [0.25, 0.3) is 5.91 Å². The Morgan fingerprint density at radius 3 is 2.95 bits per heavy atom. The van der Waals surface area contributed by atoms with Crippen LogP contribution in [0.15, 0.2) is 22.7 Å². The number of fused-ring (bicyclic) bond motifs is 1. The van der Waals surface area contributed by atoms with E-state index < -0.39 is 0 Å². The van der Waals surface area contributed by atoms with Gasteiger partial charge >= 0.3 is 0 Å². The van der Waals surface area contributed by atoms with Gasteiger partial charge in [-0.3, -0.25) is 4.79 Å². The molecule has 0 saturated heterocycles. The van der Waals surface area contributed by atoms with Crippen LogP contribution in [0.25, 0.3) is 0 Å². The summed E-state index contributed by atoms with van der Waals surface area (Å²) in [6, 6.07) is 5.69. The van der Waals surface area contributed by atoms with Crippen molar-refractivity contribution in [2.75, 3.05) is 0 Å². The smallest absolute Gasteiger partial charge is 0.251 e. The van der Waals surface area contributed by atoms with Gasteiger partial charge in [0.1, 0.15) is 5.82 Å². The summed E-state index contributed by atoms with van der Waals surface area (Å²) in [7, 11) is 0. The summed E-state index contributed by atoms with van der Waals surface area (Å²) in [5.41, 5.74) is 1.71. The Kier molecular flexibility index (Phi) is 4.57. The highest BCUT2D eigenvalue weighted by atomic mass is 79.9. The molecule has 0 atom stereocenters. The largest absolute Gasteiger partial charge is 0.345 e. The number of rotatable bonds is 3. The van der Waals surface area contributed by atoms with Crippen LogP contribution >= 0.6 is 15.9 Å². The van der Waals surface area contributed by atoms with Crippen molar-refractivity contribution in [3.8, 4) is 0 Å². The lowest BCUT2D eigenvalue weighted by atomic mass is 10.1. The highest BCUT2D eigenvalue weighted by molar-refractivity contribution is 9.10. The van der Waals surface area contributed by atoms with Gasteiger partial charge in [0.15, 0.2) is 5.82 Å². The fourth-order valence-corrected chi connectivity index (χ4v) is 3.41. The Labute approximate surface area is 138 Å². The summed E-state index contributed by atoms with van der Waals surface area (Å²) in [4.78, 5) is 12.3. The topological polar surface area (TPSA) is 59.8 Å². The number of hydrogen-bond donors (Lipinski definition) is 1. The second-order valence-electron chi connectivity index (χ2n) is 5.69. The quantitative estimate of drug-likeness (QED) is 0.912. The minimum atomic E-state index is -0.0876. The first-order valence-electron chi connectivity index (χ1n) is 7.60. The molecule has 1 aromatic heterocycles. The van der Waals surface area contributed by atoms with E-state index in [1.54, 1.807) is 0 Å². The number of benzene rings is 1. The highest BCUT2D eigenvalue weighted by Gasteiger charge is 2.15. The Morgan fingerprint density at radius 1 is 1.27 bits per heavy atom. The SMILES string of the molecule is Cc1cc(Br)cc(C(=O)NCc2nnc3n2CCCCC3)c1. The van der Waals surface area contributed by atoms with Crippen molar-refractivity contribution in [1.82, 2.24) is 20.1 Å². The van der Waals surface area contributed by atoms with E-state index in [4.69, 9.17) is 0 Å². The molecular formula is C16H19BrN4O. The second kappa shape index (κ2) is 6.60. The standard InChI is InChI=1S/C16H19BrN4O/c1-11-7-12(9-13(17)8-11)16(22)18-10-15-20-19-14-5-3-2-4-6-21(14)15/h7-9H,2-6,10H2,1H3,(H,18,22). The lowest BCUT2D eigenvalue weighted by Gasteiger charge is -2.09. The summed E-state index contributed by atoms with van der Waals surface area (Å²) in [5, 5.41) is 11.4. The van der Waals surface area contributed by atoms with Gasteiger partial charge in [0, 0.05) is 23.0 Å². The molecule has 116 valence electrons. The maximum absolute atomic E-state index is 12.3. The van der Waals surface area contributed by atoms with E-state index >= 15 is 0 Å². The van der Waals surface area contributed by atoms with E-state index in [0.29, 0.717) is 12.1 Å². The third-order valence-electron chi connectivity index (χ3n) is 3.90. The van der Waals surface area contributed by atoms with Crippen molar-refractivity contribution >= 4 is 21.8 Å². The molecule has 6 heteroatoms. The maximum Gasteiger partial charge on any atom is 0.251 e. The van der Waals surface area contributed by atoms with Crippen LogP contribution in [-0.2, 0) is 19.5 Å². The lowest BCUT2D eigenvalue weighted by Crippen LogP contribution is -2.25. The van der Waals surface area contributed by atoms with Crippen LogP contribution in [-0.4, -0.2) is 20.7 Å². The van der Waals surface area contributed by atoms with E-state index in [1.165, 1.54) is 12.8 Å². The molecule has 0 fully saturated rings. The molecule has 1 aliphatic heterocycles. The third kappa shape index (κ3) is 3.38. The molecule has 0 bridgehead atoms. The van der Waals surface area contributed by atoms with Crippen molar-refractivity contribution in [2.24, 2.45) is 0 Å². The number of carbonyl (C=O) groups is 1. The van der Waals surface area contributed by atoms with Crippen molar-refractivity contribution in [2.45, 2.75) is 45.7 Å². The number of halogens is 1. The minimum Gasteiger partial charge on any atom is -0.345 e. The molecule has 0 aliphatic carbocycles. The zero-order chi connectivity index (χ0) is 15.5. The number of amides is 1. The molecule has 22 heavy (non-hydrogen) atoms. The van der Waals surface area contributed by atoms with Crippen LogP contribution in [0.3, 0.4) is 0 Å². The predicted octanol–water partition coefficient (Wildman–Crippen LogP) is 3.01. The Bertz CT molecular complexity index is 675. The fraction of sp³-hybridized carbons (Fsp3) is 0.438. The van der Waals surface area contributed by atoms with Gasteiger partial charge in [-0.1, -0.05) is 22.4 Å². The van der Waals surface area contributed by atoms with Crippen LogP contribution in [0, 0.1) is 6.92 Å². The summed E-state index contributed by atoms with van der Waals surface area (Å²) >= 11 is 3.42. The minimum absolute atomic E-state index is 0.0876. The van der Waals surface area contributed by atoms with Gasteiger partial charge in [-0.25, -0.2) is 0 Å². The number of aromatic nitrogens is 3. The Balaban J connectivity index is 1.70. The first-order chi connectivity index (χ1) is 10.6. The van der Waals surface area contributed by atoms with E-state index in [1.807, 2.05) is 25.1 Å². The van der Waals surface area contributed by atoms with Gasteiger partial charge in [-0.15, -0.1) is 10.2 Å². The molecule has 1 N–H and O–H groups in total. The van der Waals surface area contributed by atoms with Crippen LogP contribution < -0.4 is 5.32 Å². The Hall–Kier alpha value is -1.69. The van der Waals surface area contributed by atoms with E-state index in [-0.39, 0.29) is 5.91 Å². The number of hydrogen-bond acceptors (Lipinski definition) is 3. The van der Waals surface area contributed by atoms with E-state index in [9.17, 15) is 4.79 Å². The van der Waals surface area contributed by atoms with Crippen molar-refractivity contribution in [3.63, 3.8) is 0 Å². The average Bonchev–Trinajstić information content (AvgIpc) is 2.71. The maximum atomic E-state index is 12.3. The summed E-state index contributed by atoms with van der Waals surface area (Å²) < 4.78 is 3.06. The molecule has 2 heterocycles. The predicted molar refractivity (Wildman–Crippen MR) is 87.6 cm³/mol. The zero-order valence-corrected chi connectivity index (χ0v) is 14.2. The number of nitrogens with one attached hydrogen (secondary N) is 1. The average molecular weight is 363 g/mol. The van der Waals surface area contributed by atoms with Crippen molar-refractivity contribution in [3.05, 3.63) is 45.4 Å². The van der Waals surface area contributed by atoms with Crippen molar-refractivity contribution < 1.29 is 4.79 Å². The highest BCUT2D eigenvalue weighted by Crippen LogP contribution is 2.16. The lowest BCUT2D eigenvalue weighted by molar-refractivity contribution is 0.0949. The van der Waals surface area contributed by atoms with Gasteiger partial charge < -0.3 is 9.88 Å². The molecule has 0 spiro atoms. The summed E-state index contributed by atoms with van der Waals surface area (Å²) in [5.74, 6) is 1.80. The van der Waals surface area contributed by atoms with Gasteiger partial charge in [-0.2, -0.15) is 0 Å². The molecule has 1 aliphatic rings. The summed E-state index contributed by atoms with van der Waals surface area (Å²) in [6.45, 7) is 3.33. The van der Waals surface area contributed by atoms with Gasteiger partial charge in [0.2, 0.25) is 0 Å². The summed E-state index contributed by atoms with van der Waals surface area (Å²) in [6.07, 6.45) is 4.52.